The van der Waals surface area contributed by atoms with Gasteiger partial charge in [0.15, 0.2) is 0 Å². The van der Waals surface area contributed by atoms with Gasteiger partial charge in [-0.05, 0) is 43.6 Å². The van der Waals surface area contributed by atoms with E-state index in [4.69, 9.17) is 0 Å². The average molecular weight is 284 g/mol. The third-order valence-electron chi connectivity index (χ3n) is 3.15. The molecule has 0 bridgehead atoms. The van der Waals surface area contributed by atoms with Crippen LogP contribution in [0.1, 0.15) is 31.7 Å². The van der Waals surface area contributed by atoms with Crippen LogP contribution in [0.2, 0.25) is 0 Å². The second-order valence-electron chi connectivity index (χ2n) is 5.01. The number of nitrogens with zero attached hydrogens (tertiary/aromatic N) is 1. The number of sulfonamides is 1. The van der Waals surface area contributed by atoms with Crippen LogP contribution < -0.4 is 5.32 Å². The predicted molar refractivity (Wildman–Crippen MR) is 78.9 cm³/mol. The van der Waals surface area contributed by atoms with Gasteiger partial charge in [0.25, 0.3) is 0 Å². The molecule has 108 valence electrons. The summed E-state index contributed by atoms with van der Waals surface area (Å²) in [5.74, 6) is 0.408. The SMILES string of the molecule is CNCCCN(C)S(=O)(=O)c1ccc(C(C)C)cc1. The molecule has 0 amide bonds. The first-order valence-corrected chi connectivity index (χ1v) is 8.04. The van der Waals surface area contributed by atoms with Crippen LogP contribution in [-0.2, 0) is 10.0 Å². The smallest absolute Gasteiger partial charge is 0.242 e. The van der Waals surface area contributed by atoms with E-state index in [2.05, 4.69) is 19.2 Å². The van der Waals surface area contributed by atoms with E-state index >= 15 is 0 Å². The number of rotatable bonds is 7. The van der Waals surface area contributed by atoms with E-state index in [0.717, 1.165) is 18.5 Å². The van der Waals surface area contributed by atoms with Gasteiger partial charge in [0, 0.05) is 13.6 Å². The van der Waals surface area contributed by atoms with Crippen LogP contribution in [0.15, 0.2) is 29.2 Å². The number of benzene rings is 1. The van der Waals surface area contributed by atoms with Crippen molar-refractivity contribution in [2.24, 2.45) is 0 Å². The maximum Gasteiger partial charge on any atom is 0.242 e. The molecule has 0 atom stereocenters. The second-order valence-corrected chi connectivity index (χ2v) is 7.05. The molecule has 0 aromatic heterocycles. The van der Waals surface area contributed by atoms with E-state index in [9.17, 15) is 8.42 Å². The monoisotopic (exact) mass is 284 g/mol. The van der Waals surface area contributed by atoms with Crippen LogP contribution in [0.25, 0.3) is 0 Å². The van der Waals surface area contributed by atoms with E-state index in [1.807, 2.05) is 19.2 Å². The van der Waals surface area contributed by atoms with Crippen molar-refractivity contribution in [3.63, 3.8) is 0 Å². The minimum atomic E-state index is -3.36. The average Bonchev–Trinajstić information content (AvgIpc) is 2.39. The lowest BCUT2D eigenvalue weighted by Crippen LogP contribution is -2.29. The Labute approximate surface area is 116 Å². The zero-order chi connectivity index (χ0) is 14.5. The van der Waals surface area contributed by atoms with Gasteiger partial charge < -0.3 is 5.32 Å². The van der Waals surface area contributed by atoms with Gasteiger partial charge in [-0.3, -0.25) is 0 Å². The molecular weight excluding hydrogens is 260 g/mol. The maximum atomic E-state index is 12.3. The second kappa shape index (κ2) is 7.03. The van der Waals surface area contributed by atoms with Crippen LogP contribution >= 0.6 is 0 Å². The lowest BCUT2D eigenvalue weighted by atomic mass is 10.0. The highest BCUT2D eigenvalue weighted by molar-refractivity contribution is 7.89. The van der Waals surface area contributed by atoms with E-state index in [-0.39, 0.29) is 0 Å². The predicted octanol–water partition coefficient (Wildman–Crippen LogP) is 2.04. The molecule has 0 unspecified atom stereocenters. The molecule has 0 radical (unpaired) electrons. The first-order chi connectivity index (χ1) is 8.89. The minimum Gasteiger partial charge on any atom is -0.320 e. The molecule has 0 fully saturated rings. The standard InChI is InChI=1S/C14H24N2O2S/c1-12(2)13-6-8-14(9-7-13)19(17,18)16(4)11-5-10-15-3/h6-9,12,15H,5,10-11H2,1-4H3. The van der Waals surface area contributed by atoms with Gasteiger partial charge in [0.05, 0.1) is 4.90 Å². The Hall–Kier alpha value is -0.910. The molecule has 0 aliphatic heterocycles. The Balaban J connectivity index is 2.81. The molecule has 0 aliphatic carbocycles. The van der Waals surface area contributed by atoms with Crippen molar-refractivity contribution >= 4 is 10.0 Å². The summed E-state index contributed by atoms with van der Waals surface area (Å²) < 4.78 is 26.0. The molecule has 4 nitrogen and oxygen atoms in total. The van der Waals surface area contributed by atoms with E-state index in [1.165, 1.54) is 4.31 Å². The van der Waals surface area contributed by atoms with Crippen LogP contribution in [-0.4, -0.2) is 39.9 Å². The van der Waals surface area contributed by atoms with Crippen LogP contribution in [0.3, 0.4) is 0 Å². The van der Waals surface area contributed by atoms with Crippen LogP contribution in [0.5, 0.6) is 0 Å². The van der Waals surface area contributed by atoms with Gasteiger partial charge in [-0.2, -0.15) is 0 Å². The Kier molecular flexibility index (Phi) is 5.97. The van der Waals surface area contributed by atoms with E-state index in [1.54, 1.807) is 19.2 Å². The van der Waals surface area contributed by atoms with Crippen LogP contribution in [0, 0.1) is 0 Å². The third kappa shape index (κ3) is 4.30. The van der Waals surface area contributed by atoms with Crippen LogP contribution in [0.4, 0.5) is 0 Å². The first kappa shape index (κ1) is 16.1. The number of nitrogens with one attached hydrogen (secondary N) is 1. The zero-order valence-corrected chi connectivity index (χ0v) is 13.0. The summed E-state index contributed by atoms with van der Waals surface area (Å²) in [7, 11) is 0.130. The topological polar surface area (TPSA) is 49.4 Å². The number of hydrogen-bond donors (Lipinski definition) is 1. The highest BCUT2D eigenvalue weighted by Crippen LogP contribution is 2.19. The van der Waals surface area contributed by atoms with E-state index < -0.39 is 10.0 Å². The highest BCUT2D eigenvalue weighted by Gasteiger charge is 2.20. The summed E-state index contributed by atoms with van der Waals surface area (Å²) in [6.45, 7) is 5.52. The third-order valence-corrected chi connectivity index (χ3v) is 5.03. The van der Waals surface area contributed by atoms with Gasteiger partial charge in [0.1, 0.15) is 0 Å². The first-order valence-electron chi connectivity index (χ1n) is 6.60. The molecule has 5 heteroatoms. The summed E-state index contributed by atoms with van der Waals surface area (Å²) in [6, 6.07) is 7.16. The molecule has 1 aromatic rings. The Morgan fingerprint density at radius 3 is 2.26 bits per heavy atom. The minimum absolute atomic E-state index is 0.365. The Morgan fingerprint density at radius 1 is 1.21 bits per heavy atom. The summed E-state index contributed by atoms with van der Waals surface area (Å²) in [5, 5.41) is 3.01. The quantitative estimate of drug-likeness (QED) is 0.780. The summed E-state index contributed by atoms with van der Waals surface area (Å²) in [5.41, 5.74) is 1.15. The van der Waals surface area contributed by atoms with Gasteiger partial charge in [-0.1, -0.05) is 26.0 Å². The molecule has 19 heavy (non-hydrogen) atoms. The van der Waals surface area contributed by atoms with Gasteiger partial charge in [-0.25, -0.2) is 12.7 Å². The molecule has 0 aliphatic rings. The fourth-order valence-corrected chi connectivity index (χ4v) is 3.01. The van der Waals surface area contributed by atoms with Crippen molar-refractivity contribution in [2.75, 3.05) is 27.2 Å². The van der Waals surface area contributed by atoms with Gasteiger partial charge in [-0.15, -0.1) is 0 Å². The van der Waals surface area contributed by atoms with Crippen molar-refractivity contribution in [1.29, 1.82) is 0 Å². The lowest BCUT2D eigenvalue weighted by molar-refractivity contribution is 0.458. The zero-order valence-electron chi connectivity index (χ0n) is 12.2. The van der Waals surface area contributed by atoms with Crippen molar-refractivity contribution in [3.05, 3.63) is 29.8 Å². The van der Waals surface area contributed by atoms with Gasteiger partial charge >= 0.3 is 0 Å². The molecule has 0 heterocycles. The molecule has 0 spiro atoms. The molecule has 0 saturated heterocycles. The fourth-order valence-electron chi connectivity index (χ4n) is 1.80. The molecule has 1 rings (SSSR count). The van der Waals surface area contributed by atoms with Crippen molar-refractivity contribution < 1.29 is 8.42 Å². The summed E-state index contributed by atoms with van der Waals surface area (Å²) >= 11 is 0. The molecular formula is C14H24N2O2S. The molecule has 0 saturated carbocycles. The summed E-state index contributed by atoms with van der Waals surface area (Å²) in [4.78, 5) is 0.365. The summed E-state index contributed by atoms with van der Waals surface area (Å²) in [6.07, 6.45) is 0.802. The largest absolute Gasteiger partial charge is 0.320 e. The Bertz CT molecular complexity index is 481. The molecule has 1 aromatic carbocycles. The number of hydrogen-bond acceptors (Lipinski definition) is 3. The van der Waals surface area contributed by atoms with E-state index in [0.29, 0.717) is 17.4 Å². The lowest BCUT2D eigenvalue weighted by Gasteiger charge is -2.17. The van der Waals surface area contributed by atoms with Gasteiger partial charge in [0.2, 0.25) is 10.0 Å². The van der Waals surface area contributed by atoms with Crippen molar-refractivity contribution in [2.45, 2.75) is 31.1 Å². The fraction of sp³-hybridized carbons (Fsp3) is 0.571. The Morgan fingerprint density at radius 2 is 1.79 bits per heavy atom. The maximum absolute atomic E-state index is 12.3. The molecule has 1 N–H and O–H groups in total. The highest BCUT2D eigenvalue weighted by atomic mass is 32.2. The normalized spacial score (nSPS) is 12.3. The van der Waals surface area contributed by atoms with Crippen molar-refractivity contribution in [3.8, 4) is 0 Å². The van der Waals surface area contributed by atoms with Crippen molar-refractivity contribution in [1.82, 2.24) is 9.62 Å².